The molecule has 25 heavy (non-hydrogen) atoms. The topological polar surface area (TPSA) is 72.8 Å². The molecular weight excluding hydrogens is 336 g/mol. The normalized spacial score (nSPS) is 21.8. The van der Waals surface area contributed by atoms with Crippen LogP contribution in [0.3, 0.4) is 0 Å². The molecule has 0 heterocycles. The lowest BCUT2D eigenvalue weighted by Gasteiger charge is -2.49. The Bertz CT molecular complexity index is 464. The third kappa shape index (κ3) is 4.45. The van der Waals surface area contributed by atoms with Crippen molar-refractivity contribution in [3.63, 3.8) is 0 Å². The van der Waals surface area contributed by atoms with Crippen LogP contribution in [-0.4, -0.2) is 39.1 Å². The molecule has 1 aliphatic rings. The Kier molecular flexibility index (Phi) is 7.68. The maximum Gasteiger partial charge on any atom is 0.307 e. The smallest absolute Gasteiger partial charge is 0.307 e. The molecule has 1 saturated carbocycles. The molecule has 0 aliphatic heterocycles. The Hall–Kier alpha value is -0.883. The van der Waals surface area contributed by atoms with Crippen LogP contribution in [0.25, 0.3) is 0 Å². The van der Waals surface area contributed by atoms with E-state index in [0.29, 0.717) is 19.4 Å². The van der Waals surface area contributed by atoms with Crippen LogP contribution in [0.5, 0.6) is 0 Å². The van der Waals surface area contributed by atoms with Crippen LogP contribution in [0, 0.1) is 11.8 Å². The van der Waals surface area contributed by atoms with E-state index in [4.69, 9.17) is 9.16 Å². The third-order valence-corrected chi connectivity index (χ3v) is 12.4. The zero-order valence-corrected chi connectivity index (χ0v) is 17.9. The lowest BCUT2D eigenvalue weighted by atomic mass is 9.97. The van der Waals surface area contributed by atoms with Gasteiger partial charge < -0.3 is 14.3 Å². The lowest BCUT2D eigenvalue weighted by molar-refractivity contribution is -0.151. The number of carbonyl (C=O) groups is 2. The van der Waals surface area contributed by atoms with Crippen molar-refractivity contribution in [2.45, 2.75) is 83.3 Å². The maximum absolute atomic E-state index is 13.0. The van der Waals surface area contributed by atoms with Gasteiger partial charge in [0.25, 0.3) is 14.3 Å². The van der Waals surface area contributed by atoms with Gasteiger partial charge in [0.1, 0.15) is 0 Å². The van der Waals surface area contributed by atoms with E-state index in [0.717, 1.165) is 12.8 Å². The van der Waals surface area contributed by atoms with Gasteiger partial charge in [-0.05, 0) is 35.4 Å². The Balaban J connectivity index is 3.16. The highest BCUT2D eigenvalue weighted by Gasteiger charge is 2.57. The first kappa shape index (κ1) is 22.2. The van der Waals surface area contributed by atoms with Crippen molar-refractivity contribution < 1.29 is 23.9 Å². The van der Waals surface area contributed by atoms with Gasteiger partial charge in [-0.3, -0.25) is 9.59 Å². The minimum Gasteiger partial charge on any atom is -0.518 e. The van der Waals surface area contributed by atoms with Gasteiger partial charge in [-0.25, -0.2) is 0 Å². The van der Waals surface area contributed by atoms with Gasteiger partial charge in [0.05, 0.1) is 11.8 Å². The average molecular weight is 373 g/mol. The summed E-state index contributed by atoms with van der Waals surface area (Å²) in [7, 11) is -0.846. The Morgan fingerprint density at radius 3 is 2.08 bits per heavy atom. The Labute approximate surface area is 153 Å². The first-order valence-electron chi connectivity index (χ1n) is 9.45. The first-order chi connectivity index (χ1) is 11.5. The molecule has 2 unspecified atom stereocenters. The number of carboxylic acids is 1. The van der Waals surface area contributed by atoms with Crippen LogP contribution in [0.1, 0.15) is 67.2 Å². The van der Waals surface area contributed by atoms with Crippen LogP contribution < -0.4 is 0 Å². The Morgan fingerprint density at radius 2 is 1.64 bits per heavy atom. The molecule has 0 amide bonds. The molecule has 0 spiro atoms. The second-order valence-corrected chi connectivity index (χ2v) is 14.1. The fraction of sp³-hybridized carbons (Fsp3) is 0.895. The van der Waals surface area contributed by atoms with E-state index in [1.807, 2.05) is 0 Å². The number of aliphatic carboxylic acids is 1. The van der Waals surface area contributed by atoms with Crippen molar-refractivity contribution >= 4 is 20.3 Å². The van der Waals surface area contributed by atoms with Gasteiger partial charge in [0.2, 0.25) is 0 Å². The number of carboxylic acid groups (broad SMARTS) is 1. The van der Waals surface area contributed by atoms with Crippen molar-refractivity contribution in [3.05, 3.63) is 0 Å². The summed E-state index contributed by atoms with van der Waals surface area (Å²) < 4.78 is 11.7. The summed E-state index contributed by atoms with van der Waals surface area (Å²) in [6.45, 7) is 13.5. The third-order valence-electron chi connectivity index (χ3n) is 6.11. The summed E-state index contributed by atoms with van der Waals surface area (Å²) >= 11 is 0. The number of methoxy groups -OCH3 is 1. The van der Waals surface area contributed by atoms with Crippen LogP contribution in [0.15, 0.2) is 0 Å². The monoisotopic (exact) mass is 372 g/mol. The second kappa shape index (κ2) is 8.67. The van der Waals surface area contributed by atoms with Crippen molar-refractivity contribution in [3.8, 4) is 0 Å². The molecule has 0 radical (unpaired) electrons. The molecule has 0 aromatic carbocycles. The number of rotatable bonds is 9. The standard InChI is InChI=1S/C19H36O5Si/c1-13(2)25(14(3)4,19(5,6)11-12-23-7)24-18(22)16-10-8-9-15(16)17(20)21/h13-16H,8-12H2,1-7H3,(H,20,21). The highest BCUT2D eigenvalue weighted by molar-refractivity contribution is 6.80. The van der Waals surface area contributed by atoms with Crippen LogP contribution in [-0.2, 0) is 18.8 Å². The molecule has 6 heteroatoms. The summed E-state index contributed by atoms with van der Waals surface area (Å²) in [5.74, 6) is -2.26. The largest absolute Gasteiger partial charge is 0.518 e. The Morgan fingerprint density at radius 1 is 1.12 bits per heavy atom. The molecular formula is C19H36O5Si. The molecule has 1 N–H and O–H groups in total. The predicted molar refractivity (Wildman–Crippen MR) is 101 cm³/mol. The predicted octanol–water partition coefficient (Wildman–Crippen LogP) is 4.61. The van der Waals surface area contributed by atoms with Gasteiger partial charge >= 0.3 is 5.97 Å². The summed E-state index contributed by atoms with van der Waals surface area (Å²) in [6.07, 6.45) is 2.79. The summed E-state index contributed by atoms with van der Waals surface area (Å²) in [5.41, 5.74) is 0.487. The maximum atomic E-state index is 13.0. The first-order valence-corrected chi connectivity index (χ1v) is 11.5. The molecule has 0 saturated heterocycles. The van der Waals surface area contributed by atoms with Crippen LogP contribution >= 0.6 is 0 Å². The van der Waals surface area contributed by atoms with E-state index in [-0.39, 0.29) is 22.1 Å². The van der Waals surface area contributed by atoms with Crippen LogP contribution in [0.4, 0.5) is 0 Å². The summed E-state index contributed by atoms with van der Waals surface area (Å²) in [6, 6.07) is 0. The van der Waals surface area contributed by atoms with E-state index >= 15 is 0 Å². The van der Waals surface area contributed by atoms with Crippen molar-refractivity contribution in [2.75, 3.05) is 13.7 Å². The molecule has 5 nitrogen and oxygen atoms in total. The summed E-state index contributed by atoms with van der Waals surface area (Å²) in [4.78, 5) is 24.5. The van der Waals surface area contributed by atoms with Gasteiger partial charge in [-0.15, -0.1) is 0 Å². The van der Waals surface area contributed by atoms with Gasteiger partial charge in [-0.2, -0.15) is 0 Å². The number of hydrogen-bond acceptors (Lipinski definition) is 4. The fourth-order valence-corrected chi connectivity index (χ4v) is 11.1. The van der Waals surface area contributed by atoms with Gasteiger partial charge in [-0.1, -0.05) is 48.0 Å². The number of ether oxygens (including phenoxy) is 1. The highest BCUT2D eigenvalue weighted by Crippen LogP contribution is 2.53. The second-order valence-electron chi connectivity index (χ2n) is 8.63. The zero-order valence-electron chi connectivity index (χ0n) is 16.9. The summed E-state index contributed by atoms with van der Waals surface area (Å²) in [5, 5.41) is 9.26. The average Bonchev–Trinajstić information content (AvgIpc) is 2.99. The number of carbonyl (C=O) groups excluding carboxylic acids is 1. The fourth-order valence-electron chi connectivity index (χ4n) is 4.94. The van der Waals surface area contributed by atoms with Crippen molar-refractivity contribution in [1.82, 2.24) is 0 Å². The quantitative estimate of drug-likeness (QED) is 0.598. The molecule has 1 fully saturated rings. The van der Waals surface area contributed by atoms with Gasteiger partial charge in [0, 0.05) is 13.7 Å². The molecule has 0 bridgehead atoms. The van der Waals surface area contributed by atoms with E-state index in [1.54, 1.807) is 7.11 Å². The van der Waals surface area contributed by atoms with E-state index < -0.39 is 26.1 Å². The van der Waals surface area contributed by atoms with Gasteiger partial charge in [0.15, 0.2) is 0 Å². The van der Waals surface area contributed by atoms with E-state index in [2.05, 4.69) is 41.5 Å². The molecule has 1 rings (SSSR count). The van der Waals surface area contributed by atoms with Crippen molar-refractivity contribution in [1.29, 1.82) is 0 Å². The molecule has 146 valence electrons. The molecule has 1 aliphatic carbocycles. The zero-order chi connectivity index (χ0) is 19.4. The molecule has 2 atom stereocenters. The minimum atomic E-state index is -2.53. The minimum absolute atomic E-state index is 0.154. The highest BCUT2D eigenvalue weighted by atomic mass is 28.4. The van der Waals surface area contributed by atoms with E-state index in [9.17, 15) is 14.7 Å². The molecule has 0 aromatic heterocycles. The molecule has 0 aromatic rings. The lowest BCUT2D eigenvalue weighted by Crippen LogP contribution is -2.56. The SMILES string of the molecule is COCCC(C)(C)[Si](OC(=O)C1CCCC1C(=O)O)(C(C)C)C(C)C. The van der Waals surface area contributed by atoms with Crippen LogP contribution in [0.2, 0.25) is 16.1 Å². The number of hydrogen-bond donors (Lipinski definition) is 1. The van der Waals surface area contributed by atoms with Crippen molar-refractivity contribution in [2.24, 2.45) is 11.8 Å². The van der Waals surface area contributed by atoms with E-state index in [1.165, 1.54) is 0 Å².